The largest absolute Gasteiger partial charge is 0.397 e. The van der Waals surface area contributed by atoms with Gasteiger partial charge in [-0.1, -0.05) is 20.8 Å². The number of nitrogens with zero attached hydrogens (tertiary/aromatic N) is 1. The average Bonchev–Trinajstić information content (AvgIpc) is 2.06. The third-order valence-corrected chi connectivity index (χ3v) is 1.97. The summed E-state index contributed by atoms with van der Waals surface area (Å²) < 4.78 is 0. The number of nitrogens with one attached hydrogen (secondary N) is 1. The normalized spacial score (nSPS) is 11.4. The number of rotatable bonds is 3. The lowest BCUT2D eigenvalue weighted by molar-refractivity contribution is 0.389. The second kappa shape index (κ2) is 4.31. The van der Waals surface area contributed by atoms with Gasteiger partial charge in [0.25, 0.3) is 0 Å². The van der Waals surface area contributed by atoms with Crippen molar-refractivity contribution in [3.05, 3.63) is 18.3 Å². The second-order valence-corrected chi connectivity index (χ2v) is 4.71. The number of hydrogen-bond acceptors (Lipinski definition) is 3. The van der Waals surface area contributed by atoms with Crippen molar-refractivity contribution < 1.29 is 0 Å². The van der Waals surface area contributed by atoms with Crippen molar-refractivity contribution in [1.82, 2.24) is 4.98 Å². The Kier molecular flexibility index (Phi) is 3.33. The first-order chi connectivity index (χ1) is 6.47. The first-order valence-electron chi connectivity index (χ1n) is 4.93. The summed E-state index contributed by atoms with van der Waals surface area (Å²) in [6.07, 6.45) is 2.79. The molecule has 0 atom stereocenters. The van der Waals surface area contributed by atoms with E-state index in [1.807, 2.05) is 12.1 Å². The Bertz CT molecular complexity index is 272. The molecule has 0 radical (unpaired) electrons. The monoisotopic (exact) mass is 193 g/mol. The molecule has 0 aliphatic carbocycles. The third kappa shape index (κ3) is 4.12. The quantitative estimate of drug-likeness (QED) is 0.775. The summed E-state index contributed by atoms with van der Waals surface area (Å²) in [7, 11) is 0. The van der Waals surface area contributed by atoms with Gasteiger partial charge in [-0.25, -0.2) is 4.98 Å². The fraction of sp³-hybridized carbons (Fsp3) is 0.545. The van der Waals surface area contributed by atoms with Crippen LogP contribution in [-0.2, 0) is 0 Å². The lowest BCUT2D eigenvalue weighted by Gasteiger charge is -2.18. The van der Waals surface area contributed by atoms with Crippen molar-refractivity contribution in [2.45, 2.75) is 27.2 Å². The Hall–Kier alpha value is -1.25. The maximum atomic E-state index is 5.53. The number of aromatic nitrogens is 1. The van der Waals surface area contributed by atoms with Gasteiger partial charge in [-0.3, -0.25) is 0 Å². The Morgan fingerprint density at radius 1 is 1.36 bits per heavy atom. The Labute approximate surface area is 85.7 Å². The smallest absolute Gasteiger partial charge is 0.126 e. The van der Waals surface area contributed by atoms with Crippen molar-refractivity contribution in [2.75, 3.05) is 17.6 Å². The minimum atomic E-state index is 0.362. The first kappa shape index (κ1) is 10.8. The van der Waals surface area contributed by atoms with Gasteiger partial charge in [0.2, 0.25) is 0 Å². The predicted octanol–water partition coefficient (Wildman–Crippen LogP) is 2.51. The number of nitrogens with two attached hydrogens (primary N) is 1. The van der Waals surface area contributed by atoms with Crippen LogP contribution in [0, 0.1) is 5.41 Å². The molecular weight excluding hydrogens is 174 g/mol. The number of hydrogen-bond donors (Lipinski definition) is 2. The Morgan fingerprint density at radius 3 is 2.57 bits per heavy atom. The van der Waals surface area contributed by atoms with E-state index in [2.05, 4.69) is 31.1 Å². The Morgan fingerprint density at radius 2 is 2.07 bits per heavy atom. The molecule has 0 saturated heterocycles. The average molecular weight is 193 g/mol. The molecule has 0 aliphatic heterocycles. The van der Waals surface area contributed by atoms with Gasteiger partial charge in [-0.15, -0.1) is 0 Å². The zero-order valence-electron chi connectivity index (χ0n) is 9.17. The standard InChI is InChI=1S/C11H19N3/c1-11(2,3)6-7-13-10-5-4-9(12)8-14-10/h4-5,8H,6-7,12H2,1-3H3,(H,13,14). The number of nitrogen functional groups attached to an aromatic ring is 1. The second-order valence-electron chi connectivity index (χ2n) is 4.71. The van der Waals surface area contributed by atoms with Crippen LogP contribution in [0.5, 0.6) is 0 Å². The van der Waals surface area contributed by atoms with E-state index < -0.39 is 0 Å². The highest BCUT2D eigenvalue weighted by Crippen LogP contribution is 2.18. The fourth-order valence-electron chi connectivity index (χ4n) is 1.08. The molecule has 0 saturated carbocycles. The first-order valence-corrected chi connectivity index (χ1v) is 4.93. The summed E-state index contributed by atoms with van der Waals surface area (Å²) in [4.78, 5) is 4.16. The van der Waals surface area contributed by atoms with Crippen molar-refractivity contribution >= 4 is 11.5 Å². The molecule has 1 heterocycles. The van der Waals surface area contributed by atoms with Crippen molar-refractivity contribution in [2.24, 2.45) is 5.41 Å². The summed E-state index contributed by atoms with van der Waals surface area (Å²) in [5.41, 5.74) is 6.60. The van der Waals surface area contributed by atoms with Crippen LogP contribution >= 0.6 is 0 Å². The molecule has 0 fully saturated rings. The van der Waals surface area contributed by atoms with Gasteiger partial charge in [0, 0.05) is 6.54 Å². The summed E-state index contributed by atoms with van der Waals surface area (Å²) in [5.74, 6) is 0.892. The lowest BCUT2D eigenvalue weighted by atomic mass is 9.92. The molecule has 0 amide bonds. The van der Waals surface area contributed by atoms with Gasteiger partial charge in [-0.05, 0) is 24.0 Å². The van der Waals surface area contributed by atoms with E-state index in [1.54, 1.807) is 6.20 Å². The highest BCUT2D eigenvalue weighted by atomic mass is 15.0. The van der Waals surface area contributed by atoms with E-state index >= 15 is 0 Å². The minimum absolute atomic E-state index is 0.362. The Balaban J connectivity index is 2.35. The van der Waals surface area contributed by atoms with E-state index in [0.717, 1.165) is 18.8 Å². The van der Waals surface area contributed by atoms with E-state index in [0.29, 0.717) is 11.1 Å². The van der Waals surface area contributed by atoms with Crippen LogP contribution < -0.4 is 11.1 Å². The van der Waals surface area contributed by atoms with E-state index in [1.165, 1.54) is 0 Å². The van der Waals surface area contributed by atoms with Gasteiger partial charge in [0.05, 0.1) is 11.9 Å². The maximum absolute atomic E-state index is 5.53. The van der Waals surface area contributed by atoms with Gasteiger partial charge < -0.3 is 11.1 Å². The maximum Gasteiger partial charge on any atom is 0.126 e. The van der Waals surface area contributed by atoms with Crippen molar-refractivity contribution in [3.8, 4) is 0 Å². The fourth-order valence-corrected chi connectivity index (χ4v) is 1.08. The van der Waals surface area contributed by atoms with E-state index in [9.17, 15) is 0 Å². The van der Waals surface area contributed by atoms with Crippen LogP contribution in [0.2, 0.25) is 0 Å². The summed E-state index contributed by atoms with van der Waals surface area (Å²) >= 11 is 0. The molecule has 3 N–H and O–H groups in total. The van der Waals surface area contributed by atoms with E-state index in [4.69, 9.17) is 5.73 Å². The molecule has 3 heteroatoms. The predicted molar refractivity (Wildman–Crippen MR) is 61.2 cm³/mol. The van der Waals surface area contributed by atoms with Crippen LogP contribution in [0.1, 0.15) is 27.2 Å². The van der Waals surface area contributed by atoms with Crippen molar-refractivity contribution in [3.63, 3.8) is 0 Å². The summed E-state index contributed by atoms with van der Waals surface area (Å²) in [6, 6.07) is 3.75. The van der Waals surface area contributed by atoms with Crippen LogP contribution in [-0.4, -0.2) is 11.5 Å². The summed E-state index contributed by atoms with van der Waals surface area (Å²) in [6.45, 7) is 7.63. The number of anilines is 2. The molecular formula is C11H19N3. The molecule has 1 rings (SSSR count). The molecule has 1 aromatic rings. The minimum Gasteiger partial charge on any atom is -0.397 e. The van der Waals surface area contributed by atoms with Gasteiger partial charge in [-0.2, -0.15) is 0 Å². The van der Waals surface area contributed by atoms with Crippen LogP contribution in [0.15, 0.2) is 18.3 Å². The zero-order valence-corrected chi connectivity index (χ0v) is 9.17. The van der Waals surface area contributed by atoms with Crippen LogP contribution in [0.25, 0.3) is 0 Å². The highest BCUT2D eigenvalue weighted by Gasteiger charge is 2.08. The van der Waals surface area contributed by atoms with Crippen LogP contribution in [0.4, 0.5) is 11.5 Å². The molecule has 1 aromatic heterocycles. The third-order valence-electron chi connectivity index (χ3n) is 1.97. The topological polar surface area (TPSA) is 50.9 Å². The summed E-state index contributed by atoms with van der Waals surface area (Å²) in [5, 5.41) is 3.26. The molecule has 3 nitrogen and oxygen atoms in total. The van der Waals surface area contributed by atoms with Gasteiger partial charge >= 0.3 is 0 Å². The number of pyridine rings is 1. The lowest BCUT2D eigenvalue weighted by Crippen LogP contribution is -2.13. The van der Waals surface area contributed by atoms with Crippen LogP contribution in [0.3, 0.4) is 0 Å². The van der Waals surface area contributed by atoms with Gasteiger partial charge in [0.15, 0.2) is 0 Å². The van der Waals surface area contributed by atoms with Crippen molar-refractivity contribution in [1.29, 1.82) is 0 Å². The zero-order chi connectivity index (χ0) is 10.6. The molecule has 0 aromatic carbocycles. The molecule has 0 bridgehead atoms. The molecule has 0 spiro atoms. The molecule has 14 heavy (non-hydrogen) atoms. The molecule has 0 unspecified atom stereocenters. The SMILES string of the molecule is CC(C)(C)CCNc1ccc(N)cn1. The molecule has 0 aliphatic rings. The highest BCUT2D eigenvalue weighted by molar-refractivity contribution is 5.43. The van der Waals surface area contributed by atoms with E-state index in [-0.39, 0.29) is 0 Å². The van der Waals surface area contributed by atoms with Gasteiger partial charge in [0.1, 0.15) is 5.82 Å². The molecule has 78 valence electrons.